The molecule has 2 aromatic carbocycles. The molecule has 1 aliphatic rings. The van der Waals surface area contributed by atoms with E-state index in [9.17, 15) is 0 Å². The number of piperidine rings is 1. The summed E-state index contributed by atoms with van der Waals surface area (Å²) in [6.07, 6.45) is 5.68. The number of methoxy groups -OCH3 is 1. The highest BCUT2D eigenvalue weighted by molar-refractivity contribution is 5.96. The lowest BCUT2D eigenvalue weighted by atomic mass is 9.93. The standard InChI is InChI=1S/C26H32N6O/c1-17(2)30-24(15-22(27)18-11-13-28-14-12-18)31-26-29-16-19-7-6-9-21(25(19)32-26)20-8-4-5-10-23(20)33-3/h4-10,15-18,27-28,30H,11-14H2,1-3H3,(H,29,31,32)/b24-15+,27-22?. The number of nitrogens with one attached hydrogen (secondary N) is 4. The molecule has 7 heteroatoms. The molecule has 4 rings (SSSR count). The number of allylic oxidation sites excluding steroid dienone is 1. The Bertz CT molecular complexity index is 1150. The van der Waals surface area contributed by atoms with Gasteiger partial charge in [0.05, 0.1) is 12.6 Å². The number of fused-ring (bicyclic) bond motifs is 1. The van der Waals surface area contributed by atoms with Crippen molar-refractivity contribution in [2.75, 3.05) is 25.5 Å². The van der Waals surface area contributed by atoms with E-state index < -0.39 is 0 Å². The van der Waals surface area contributed by atoms with E-state index in [1.165, 1.54) is 0 Å². The van der Waals surface area contributed by atoms with Gasteiger partial charge in [0.2, 0.25) is 5.95 Å². The smallest absolute Gasteiger partial charge is 0.228 e. The van der Waals surface area contributed by atoms with Crippen molar-refractivity contribution in [1.82, 2.24) is 20.6 Å². The van der Waals surface area contributed by atoms with Crippen molar-refractivity contribution in [3.63, 3.8) is 0 Å². The second-order valence-electron chi connectivity index (χ2n) is 8.60. The molecule has 1 aliphatic heterocycles. The number of para-hydroxylation sites is 2. The Labute approximate surface area is 195 Å². The molecule has 7 nitrogen and oxygen atoms in total. The third-order valence-corrected chi connectivity index (χ3v) is 5.78. The van der Waals surface area contributed by atoms with Gasteiger partial charge >= 0.3 is 0 Å². The highest BCUT2D eigenvalue weighted by atomic mass is 16.5. The highest BCUT2D eigenvalue weighted by Gasteiger charge is 2.18. The van der Waals surface area contributed by atoms with Crippen LogP contribution >= 0.6 is 0 Å². The Morgan fingerprint density at radius 1 is 1.12 bits per heavy atom. The van der Waals surface area contributed by atoms with E-state index in [2.05, 4.69) is 34.8 Å². The number of nitrogens with zero attached hydrogens (tertiary/aromatic N) is 2. The molecule has 0 aliphatic carbocycles. The van der Waals surface area contributed by atoms with E-state index in [0.717, 1.165) is 59.5 Å². The molecule has 0 saturated carbocycles. The van der Waals surface area contributed by atoms with Crippen molar-refractivity contribution in [3.8, 4) is 16.9 Å². The zero-order valence-corrected chi connectivity index (χ0v) is 19.5. The maximum atomic E-state index is 8.61. The molecule has 0 unspecified atom stereocenters. The molecule has 33 heavy (non-hydrogen) atoms. The van der Waals surface area contributed by atoms with Gasteiger partial charge in [-0.3, -0.25) is 0 Å². The summed E-state index contributed by atoms with van der Waals surface area (Å²) in [6, 6.07) is 14.2. The van der Waals surface area contributed by atoms with Crippen LogP contribution in [0.5, 0.6) is 5.75 Å². The summed E-state index contributed by atoms with van der Waals surface area (Å²) in [4.78, 5) is 9.39. The van der Waals surface area contributed by atoms with Crippen LogP contribution in [0.3, 0.4) is 0 Å². The first-order valence-electron chi connectivity index (χ1n) is 11.5. The van der Waals surface area contributed by atoms with Crippen LogP contribution in [0.4, 0.5) is 5.95 Å². The van der Waals surface area contributed by atoms with Crippen LogP contribution in [0.2, 0.25) is 0 Å². The van der Waals surface area contributed by atoms with Crippen LogP contribution in [0.15, 0.2) is 60.6 Å². The van der Waals surface area contributed by atoms with Gasteiger partial charge in [-0.15, -0.1) is 0 Å². The lowest BCUT2D eigenvalue weighted by molar-refractivity contribution is 0.416. The Morgan fingerprint density at radius 2 is 1.88 bits per heavy atom. The Balaban J connectivity index is 1.68. The number of ether oxygens (including phenoxy) is 1. The fourth-order valence-electron chi connectivity index (χ4n) is 4.15. The molecule has 1 fully saturated rings. The molecule has 0 amide bonds. The second kappa shape index (κ2) is 10.4. The molecule has 3 aromatic rings. The van der Waals surface area contributed by atoms with Gasteiger partial charge in [-0.1, -0.05) is 36.4 Å². The van der Waals surface area contributed by atoms with Crippen LogP contribution < -0.4 is 20.7 Å². The molecular weight excluding hydrogens is 412 g/mol. The minimum atomic E-state index is 0.203. The largest absolute Gasteiger partial charge is 0.496 e. The van der Waals surface area contributed by atoms with E-state index in [4.69, 9.17) is 15.1 Å². The minimum absolute atomic E-state index is 0.203. The molecule has 0 spiro atoms. The van der Waals surface area contributed by atoms with Gasteiger partial charge in [-0.2, -0.15) is 0 Å². The molecule has 4 N–H and O–H groups in total. The van der Waals surface area contributed by atoms with E-state index in [1.807, 2.05) is 54.7 Å². The lowest BCUT2D eigenvalue weighted by Crippen LogP contribution is -2.32. The maximum absolute atomic E-state index is 8.61. The van der Waals surface area contributed by atoms with E-state index >= 15 is 0 Å². The van der Waals surface area contributed by atoms with Gasteiger partial charge in [0, 0.05) is 40.4 Å². The topological polar surface area (TPSA) is 95.0 Å². The number of hydrogen-bond acceptors (Lipinski definition) is 7. The van der Waals surface area contributed by atoms with E-state index in [1.54, 1.807) is 7.11 Å². The fourth-order valence-corrected chi connectivity index (χ4v) is 4.15. The molecule has 1 saturated heterocycles. The highest BCUT2D eigenvalue weighted by Crippen LogP contribution is 2.34. The second-order valence-corrected chi connectivity index (χ2v) is 8.60. The quantitative estimate of drug-likeness (QED) is 0.380. The molecule has 2 heterocycles. The van der Waals surface area contributed by atoms with Gasteiger partial charge in [0.25, 0.3) is 0 Å². The monoisotopic (exact) mass is 444 g/mol. The molecule has 0 bridgehead atoms. The number of rotatable bonds is 8. The maximum Gasteiger partial charge on any atom is 0.228 e. The van der Waals surface area contributed by atoms with E-state index in [-0.39, 0.29) is 12.0 Å². The van der Waals surface area contributed by atoms with Crippen molar-refractivity contribution >= 4 is 22.6 Å². The third-order valence-electron chi connectivity index (χ3n) is 5.78. The Kier molecular flexibility index (Phi) is 7.19. The van der Waals surface area contributed by atoms with Crippen molar-refractivity contribution in [2.45, 2.75) is 32.7 Å². The summed E-state index contributed by atoms with van der Waals surface area (Å²) in [5, 5.41) is 19.6. The van der Waals surface area contributed by atoms with Gasteiger partial charge < -0.3 is 26.1 Å². The number of aromatic nitrogens is 2. The van der Waals surface area contributed by atoms with Crippen molar-refractivity contribution in [2.24, 2.45) is 5.92 Å². The third kappa shape index (κ3) is 5.49. The SMILES string of the molecule is COc1ccccc1-c1cccc2cnc(N/C(=C/C(=N)C3CCNCC3)NC(C)C)nc12. The zero-order chi connectivity index (χ0) is 23.2. The molecule has 0 atom stereocenters. The molecule has 1 aromatic heterocycles. The average Bonchev–Trinajstić information content (AvgIpc) is 2.83. The summed E-state index contributed by atoms with van der Waals surface area (Å²) in [5.74, 6) is 2.30. The minimum Gasteiger partial charge on any atom is -0.496 e. The van der Waals surface area contributed by atoms with Gasteiger partial charge in [-0.25, -0.2) is 9.97 Å². The number of benzene rings is 2. The number of anilines is 1. The Morgan fingerprint density at radius 3 is 2.64 bits per heavy atom. The molecule has 0 radical (unpaired) electrons. The normalized spacial score (nSPS) is 15.0. The molecular formula is C26H32N6O. The van der Waals surface area contributed by atoms with Crippen LogP contribution in [0.1, 0.15) is 26.7 Å². The summed E-state index contributed by atoms with van der Waals surface area (Å²) >= 11 is 0. The van der Waals surface area contributed by atoms with Crippen LogP contribution in [0.25, 0.3) is 22.0 Å². The zero-order valence-electron chi connectivity index (χ0n) is 19.5. The Hall–Kier alpha value is -3.45. The van der Waals surface area contributed by atoms with Crippen molar-refractivity contribution in [3.05, 3.63) is 60.6 Å². The van der Waals surface area contributed by atoms with Gasteiger partial charge in [0.1, 0.15) is 11.6 Å². The van der Waals surface area contributed by atoms with Crippen LogP contribution in [-0.2, 0) is 0 Å². The average molecular weight is 445 g/mol. The fraction of sp³-hybridized carbons (Fsp3) is 0.346. The first kappa shape index (κ1) is 22.7. The first-order chi connectivity index (χ1) is 16.0. The lowest BCUT2D eigenvalue weighted by Gasteiger charge is -2.23. The van der Waals surface area contributed by atoms with Gasteiger partial charge in [-0.05, 0) is 51.9 Å². The summed E-state index contributed by atoms with van der Waals surface area (Å²) in [5.41, 5.74) is 3.44. The summed E-state index contributed by atoms with van der Waals surface area (Å²) in [6.45, 7) is 6.07. The van der Waals surface area contributed by atoms with Gasteiger partial charge in [0.15, 0.2) is 0 Å². The number of hydrogen-bond donors (Lipinski definition) is 4. The predicted molar refractivity (Wildman–Crippen MR) is 135 cm³/mol. The first-order valence-corrected chi connectivity index (χ1v) is 11.5. The predicted octanol–water partition coefficient (Wildman–Crippen LogP) is 4.58. The van der Waals surface area contributed by atoms with Crippen molar-refractivity contribution < 1.29 is 4.74 Å². The van der Waals surface area contributed by atoms with Crippen LogP contribution in [-0.4, -0.2) is 41.9 Å². The summed E-state index contributed by atoms with van der Waals surface area (Å²) in [7, 11) is 1.68. The summed E-state index contributed by atoms with van der Waals surface area (Å²) < 4.78 is 5.58. The van der Waals surface area contributed by atoms with E-state index in [0.29, 0.717) is 11.7 Å². The van der Waals surface area contributed by atoms with Crippen LogP contribution in [0, 0.1) is 11.3 Å². The molecule has 172 valence electrons. The van der Waals surface area contributed by atoms with Crippen molar-refractivity contribution in [1.29, 1.82) is 5.41 Å².